The third kappa shape index (κ3) is 4.00. The van der Waals surface area contributed by atoms with E-state index in [9.17, 15) is 4.79 Å². The lowest BCUT2D eigenvalue weighted by molar-refractivity contribution is -0.171. The Balaban J connectivity index is 1.48. The van der Waals surface area contributed by atoms with Gasteiger partial charge in [0.25, 0.3) is 5.92 Å². The second-order valence-electron chi connectivity index (χ2n) is 10.1. The van der Waals surface area contributed by atoms with Crippen LogP contribution in [-0.4, -0.2) is 43.2 Å². The average Bonchev–Trinajstić information content (AvgIpc) is 3.34. The molecule has 9 heteroatoms. The molecule has 7 nitrogen and oxygen atoms in total. The van der Waals surface area contributed by atoms with E-state index < -0.39 is 47.6 Å². The molecule has 36 heavy (non-hydrogen) atoms. The second-order valence-corrected chi connectivity index (χ2v) is 10.1. The maximum absolute atomic E-state index is 15.4. The van der Waals surface area contributed by atoms with Crippen LogP contribution >= 0.6 is 0 Å². The van der Waals surface area contributed by atoms with Crippen LogP contribution in [0.5, 0.6) is 0 Å². The summed E-state index contributed by atoms with van der Waals surface area (Å²) in [6.07, 6.45) is 4.24. The minimum Gasteiger partial charge on any atom is -0.462 e. The van der Waals surface area contributed by atoms with Gasteiger partial charge in [-0.1, -0.05) is 43.3 Å². The van der Waals surface area contributed by atoms with E-state index in [0.717, 1.165) is 16.7 Å². The number of carbonyl (C=O) groups is 1. The SMILES string of the molecule is Cc1ccccc1-c1ccc(/C=C/[C@@H]2[C@@H]3[C@@H](C)OC(=O)[C@]3(Cc3nnnn3C)CC(F)(F)[C@H]2C)nc1. The number of aryl methyl sites for hydroxylation is 2. The van der Waals surface area contributed by atoms with Gasteiger partial charge in [-0.3, -0.25) is 9.78 Å². The number of tetrazole rings is 1. The van der Waals surface area contributed by atoms with Crippen LogP contribution in [0.1, 0.15) is 37.4 Å². The Morgan fingerprint density at radius 3 is 2.64 bits per heavy atom. The van der Waals surface area contributed by atoms with Gasteiger partial charge >= 0.3 is 5.97 Å². The van der Waals surface area contributed by atoms with E-state index in [1.807, 2.05) is 43.3 Å². The van der Waals surface area contributed by atoms with E-state index in [-0.39, 0.29) is 6.42 Å². The number of carbonyl (C=O) groups excluding carboxylic acids is 1. The Kier molecular flexibility index (Phi) is 5.97. The van der Waals surface area contributed by atoms with Crippen LogP contribution < -0.4 is 0 Å². The maximum Gasteiger partial charge on any atom is 0.313 e. The van der Waals surface area contributed by atoms with Crippen LogP contribution in [0.25, 0.3) is 17.2 Å². The first kappa shape index (κ1) is 24.2. The van der Waals surface area contributed by atoms with Crippen LogP contribution in [0.15, 0.2) is 48.7 Å². The first-order valence-corrected chi connectivity index (χ1v) is 12.1. The van der Waals surface area contributed by atoms with Crippen molar-refractivity contribution in [3.05, 3.63) is 65.8 Å². The van der Waals surface area contributed by atoms with Crippen molar-refractivity contribution in [3.8, 4) is 11.1 Å². The number of nitrogens with zero attached hydrogens (tertiary/aromatic N) is 5. The van der Waals surface area contributed by atoms with Gasteiger partial charge in [-0.05, 0) is 53.5 Å². The first-order chi connectivity index (χ1) is 17.1. The fraction of sp³-hybridized carbons (Fsp3) is 0.444. The molecular formula is C27H29F2N5O2. The summed E-state index contributed by atoms with van der Waals surface area (Å²) in [7, 11) is 1.64. The summed E-state index contributed by atoms with van der Waals surface area (Å²) in [6.45, 7) is 5.38. The summed E-state index contributed by atoms with van der Waals surface area (Å²) in [4.78, 5) is 17.7. The van der Waals surface area contributed by atoms with Crippen LogP contribution in [0.3, 0.4) is 0 Å². The summed E-state index contributed by atoms with van der Waals surface area (Å²) in [5.41, 5.74) is 2.49. The topological polar surface area (TPSA) is 82.8 Å². The number of cyclic esters (lactones) is 1. The number of halogens is 2. The maximum atomic E-state index is 15.4. The fourth-order valence-corrected chi connectivity index (χ4v) is 5.98. The third-order valence-electron chi connectivity index (χ3n) is 7.97. The van der Waals surface area contributed by atoms with Crippen molar-refractivity contribution >= 4 is 12.0 Å². The van der Waals surface area contributed by atoms with E-state index in [1.165, 1.54) is 4.68 Å². The van der Waals surface area contributed by atoms with Gasteiger partial charge in [0.1, 0.15) is 6.10 Å². The van der Waals surface area contributed by atoms with E-state index in [2.05, 4.69) is 20.5 Å². The zero-order valence-electron chi connectivity index (χ0n) is 20.7. The fourth-order valence-electron chi connectivity index (χ4n) is 5.98. The summed E-state index contributed by atoms with van der Waals surface area (Å²) in [5, 5.41) is 11.4. The number of fused-ring (bicyclic) bond motifs is 1. The molecule has 2 aromatic heterocycles. The number of allylic oxidation sites excluding steroid dienone is 1. The largest absolute Gasteiger partial charge is 0.462 e. The van der Waals surface area contributed by atoms with E-state index in [0.29, 0.717) is 11.5 Å². The number of pyridine rings is 1. The van der Waals surface area contributed by atoms with E-state index in [4.69, 9.17) is 4.74 Å². The molecule has 1 aromatic carbocycles. The molecule has 1 aliphatic carbocycles. The molecule has 1 aliphatic heterocycles. The number of esters is 1. The normalized spacial score (nSPS) is 29.3. The average molecular weight is 494 g/mol. The second kappa shape index (κ2) is 8.87. The molecular weight excluding hydrogens is 464 g/mol. The molecule has 3 heterocycles. The molecule has 0 spiro atoms. The highest BCUT2D eigenvalue weighted by molar-refractivity contribution is 5.80. The zero-order valence-corrected chi connectivity index (χ0v) is 20.7. The standard InChI is InChI=1S/C27H29F2N5O2/c1-16-7-5-6-8-21(16)19-9-10-20(30-14-19)11-12-22-17(2)27(28,29)15-26(13-23-31-32-33-34(23)4)24(22)18(3)36-25(26)35/h5-12,14,17-18,22,24H,13,15H2,1-4H3/b12-11+/t17-,18+,22-,24-,26+/m0/s1. The van der Waals surface area contributed by atoms with Crippen molar-refractivity contribution in [2.45, 2.75) is 45.6 Å². The molecule has 0 bridgehead atoms. The summed E-state index contributed by atoms with van der Waals surface area (Å²) >= 11 is 0. The Bertz CT molecular complexity index is 1310. The minimum atomic E-state index is -3.07. The number of hydrogen-bond donors (Lipinski definition) is 0. The quantitative estimate of drug-likeness (QED) is 0.480. The van der Waals surface area contributed by atoms with Gasteiger partial charge in [0.2, 0.25) is 0 Å². The lowest BCUT2D eigenvalue weighted by atomic mass is 9.55. The zero-order chi connectivity index (χ0) is 25.7. The predicted molar refractivity (Wildman–Crippen MR) is 130 cm³/mol. The van der Waals surface area contributed by atoms with Crippen molar-refractivity contribution in [3.63, 3.8) is 0 Å². The smallest absolute Gasteiger partial charge is 0.313 e. The van der Waals surface area contributed by atoms with Crippen molar-refractivity contribution < 1.29 is 18.3 Å². The molecule has 2 fully saturated rings. The highest BCUT2D eigenvalue weighted by Gasteiger charge is 2.68. The summed E-state index contributed by atoms with van der Waals surface area (Å²) in [6, 6.07) is 11.9. The molecule has 0 amide bonds. The summed E-state index contributed by atoms with van der Waals surface area (Å²) < 4.78 is 37.9. The summed E-state index contributed by atoms with van der Waals surface area (Å²) in [5.74, 6) is -5.31. The number of aromatic nitrogens is 5. The molecule has 3 aromatic rings. The Morgan fingerprint density at radius 2 is 1.97 bits per heavy atom. The lowest BCUT2D eigenvalue weighted by Gasteiger charge is -2.47. The molecule has 188 valence electrons. The van der Waals surface area contributed by atoms with Crippen molar-refractivity contribution in [1.82, 2.24) is 25.2 Å². The monoisotopic (exact) mass is 493 g/mol. The third-order valence-corrected chi connectivity index (χ3v) is 7.97. The number of hydrogen-bond acceptors (Lipinski definition) is 6. The van der Waals surface area contributed by atoms with Gasteiger partial charge in [0.05, 0.1) is 11.1 Å². The van der Waals surface area contributed by atoms with Gasteiger partial charge in [-0.15, -0.1) is 5.10 Å². The van der Waals surface area contributed by atoms with Crippen LogP contribution in [0.2, 0.25) is 0 Å². The molecule has 5 rings (SSSR count). The van der Waals surface area contributed by atoms with E-state index >= 15 is 8.78 Å². The lowest BCUT2D eigenvalue weighted by Crippen LogP contribution is -2.54. The molecule has 5 atom stereocenters. The van der Waals surface area contributed by atoms with Crippen LogP contribution in [0, 0.1) is 30.1 Å². The number of benzene rings is 1. The molecule has 1 saturated carbocycles. The predicted octanol–water partition coefficient (Wildman–Crippen LogP) is 4.68. The number of ether oxygens (including phenoxy) is 1. The molecule has 2 aliphatic rings. The van der Waals surface area contributed by atoms with Gasteiger partial charge in [-0.2, -0.15) is 0 Å². The van der Waals surface area contributed by atoms with Crippen molar-refractivity contribution in [1.29, 1.82) is 0 Å². The van der Waals surface area contributed by atoms with Crippen LogP contribution in [-0.2, 0) is 23.0 Å². The molecule has 0 radical (unpaired) electrons. The highest BCUT2D eigenvalue weighted by atomic mass is 19.3. The number of alkyl halides is 2. The Labute approximate surface area is 208 Å². The van der Waals surface area contributed by atoms with E-state index in [1.54, 1.807) is 39.2 Å². The van der Waals surface area contributed by atoms with Gasteiger partial charge < -0.3 is 4.74 Å². The Hall–Kier alpha value is -3.49. The molecule has 0 unspecified atom stereocenters. The molecule has 0 N–H and O–H groups in total. The van der Waals surface area contributed by atoms with Gasteiger partial charge in [0, 0.05) is 43.5 Å². The van der Waals surface area contributed by atoms with Gasteiger partial charge in [-0.25, -0.2) is 13.5 Å². The number of rotatable bonds is 5. The van der Waals surface area contributed by atoms with Crippen molar-refractivity contribution in [2.24, 2.45) is 30.2 Å². The van der Waals surface area contributed by atoms with Crippen LogP contribution in [0.4, 0.5) is 8.78 Å². The van der Waals surface area contributed by atoms with Gasteiger partial charge in [0.15, 0.2) is 5.82 Å². The Morgan fingerprint density at radius 1 is 1.19 bits per heavy atom. The highest BCUT2D eigenvalue weighted by Crippen LogP contribution is 2.60. The first-order valence-electron chi connectivity index (χ1n) is 12.1. The molecule has 1 saturated heterocycles. The minimum absolute atomic E-state index is 0.000361. The van der Waals surface area contributed by atoms with Crippen molar-refractivity contribution in [2.75, 3.05) is 0 Å².